The molecule has 2 rings (SSSR count). The van der Waals surface area contributed by atoms with Crippen molar-refractivity contribution < 1.29 is 9.32 Å². The zero-order chi connectivity index (χ0) is 11.4. The van der Waals surface area contributed by atoms with Crippen molar-refractivity contribution in [2.45, 2.75) is 13.3 Å². The fraction of sp³-hybridized carbons (Fsp3) is 0.182. The lowest BCUT2D eigenvalue weighted by Crippen LogP contribution is -2.14. The number of rotatable bonds is 3. The highest BCUT2D eigenvalue weighted by molar-refractivity contribution is 5.91. The second-order valence-electron chi connectivity index (χ2n) is 3.40. The number of amides is 1. The van der Waals surface area contributed by atoms with Gasteiger partial charge < -0.3 is 9.84 Å². The van der Waals surface area contributed by atoms with E-state index in [0.29, 0.717) is 18.0 Å². The molecule has 1 amide bonds. The number of aromatic nitrogens is 2. The van der Waals surface area contributed by atoms with E-state index >= 15 is 0 Å². The number of nitrogens with one attached hydrogen (secondary N) is 1. The van der Waals surface area contributed by atoms with Crippen LogP contribution in [0, 0.1) is 6.92 Å². The molecule has 82 valence electrons. The molecule has 5 nitrogen and oxygen atoms in total. The minimum absolute atomic E-state index is 0.125. The minimum Gasteiger partial charge on any atom is -0.360 e. The summed E-state index contributed by atoms with van der Waals surface area (Å²) in [5.41, 5.74) is 0.910. The summed E-state index contributed by atoms with van der Waals surface area (Å²) < 4.78 is 4.84. The number of hydrogen-bond donors (Lipinski definition) is 1. The number of anilines is 1. The van der Waals surface area contributed by atoms with Crippen molar-refractivity contribution >= 4 is 11.7 Å². The number of aryl methyl sites for hydroxylation is 1. The molecule has 0 aliphatic rings. The monoisotopic (exact) mass is 217 g/mol. The highest BCUT2D eigenvalue weighted by atomic mass is 16.5. The van der Waals surface area contributed by atoms with Gasteiger partial charge in [0.25, 0.3) is 0 Å². The van der Waals surface area contributed by atoms with Gasteiger partial charge in [-0.2, -0.15) is 0 Å². The van der Waals surface area contributed by atoms with Gasteiger partial charge in [-0.05, 0) is 24.6 Å². The molecule has 0 unspecified atom stereocenters. The number of carbonyl (C=O) groups excluding carboxylic acids is 1. The Balaban J connectivity index is 1.95. The van der Waals surface area contributed by atoms with Crippen molar-refractivity contribution in [1.29, 1.82) is 0 Å². The molecule has 0 radical (unpaired) electrons. The summed E-state index contributed by atoms with van der Waals surface area (Å²) in [6, 6.07) is 5.27. The Labute approximate surface area is 92.5 Å². The SMILES string of the molecule is Cc1cc(NC(=O)Cc2ccncc2)no1. The van der Waals surface area contributed by atoms with Crippen molar-refractivity contribution in [1.82, 2.24) is 10.1 Å². The molecule has 0 aliphatic heterocycles. The van der Waals surface area contributed by atoms with Crippen LogP contribution in [-0.2, 0) is 11.2 Å². The third kappa shape index (κ3) is 2.66. The Hall–Kier alpha value is -2.17. The first-order valence-electron chi connectivity index (χ1n) is 4.86. The van der Waals surface area contributed by atoms with E-state index in [0.717, 1.165) is 5.56 Å². The standard InChI is InChI=1S/C11H11N3O2/c1-8-6-10(14-16-8)13-11(15)7-9-2-4-12-5-3-9/h2-6H,7H2,1H3,(H,13,14,15). The van der Waals surface area contributed by atoms with Crippen molar-refractivity contribution in [2.75, 3.05) is 5.32 Å². The average molecular weight is 217 g/mol. The first-order valence-corrected chi connectivity index (χ1v) is 4.86. The number of hydrogen-bond acceptors (Lipinski definition) is 4. The van der Waals surface area contributed by atoms with Gasteiger partial charge in [0, 0.05) is 18.5 Å². The van der Waals surface area contributed by atoms with Crippen LogP contribution < -0.4 is 5.32 Å². The van der Waals surface area contributed by atoms with Gasteiger partial charge in [-0.3, -0.25) is 9.78 Å². The van der Waals surface area contributed by atoms with Crippen molar-refractivity contribution in [2.24, 2.45) is 0 Å². The summed E-state index contributed by atoms with van der Waals surface area (Å²) in [7, 11) is 0. The zero-order valence-electron chi connectivity index (χ0n) is 8.80. The zero-order valence-corrected chi connectivity index (χ0v) is 8.80. The van der Waals surface area contributed by atoms with E-state index in [4.69, 9.17) is 4.52 Å². The van der Waals surface area contributed by atoms with Crippen LogP contribution >= 0.6 is 0 Å². The van der Waals surface area contributed by atoms with Crippen LogP contribution in [0.2, 0.25) is 0 Å². The molecule has 0 bridgehead atoms. The molecule has 2 aromatic heterocycles. The highest BCUT2D eigenvalue weighted by Gasteiger charge is 2.06. The molecule has 5 heteroatoms. The van der Waals surface area contributed by atoms with Gasteiger partial charge in [0.2, 0.25) is 5.91 Å². The molecule has 0 saturated heterocycles. The predicted octanol–water partition coefficient (Wildman–Crippen LogP) is 1.56. The van der Waals surface area contributed by atoms with E-state index in [1.165, 1.54) is 0 Å². The summed E-state index contributed by atoms with van der Waals surface area (Å²) in [6.45, 7) is 1.77. The molecular weight excluding hydrogens is 206 g/mol. The van der Waals surface area contributed by atoms with E-state index in [-0.39, 0.29) is 5.91 Å². The maximum atomic E-state index is 11.6. The topological polar surface area (TPSA) is 68.0 Å². The Morgan fingerprint density at radius 1 is 1.44 bits per heavy atom. The maximum absolute atomic E-state index is 11.6. The molecule has 0 aliphatic carbocycles. The van der Waals surface area contributed by atoms with Gasteiger partial charge >= 0.3 is 0 Å². The lowest BCUT2D eigenvalue weighted by Gasteiger charge is -2.00. The summed E-state index contributed by atoms with van der Waals surface area (Å²) >= 11 is 0. The first-order chi connectivity index (χ1) is 7.74. The second kappa shape index (κ2) is 4.57. The molecule has 16 heavy (non-hydrogen) atoms. The van der Waals surface area contributed by atoms with Gasteiger partial charge in [-0.15, -0.1) is 0 Å². The van der Waals surface area contributed by atoms with E-state index in [1.54, 1.807) is 37.5 Å². The highest BCUT2D eigenvalue weighted by Crippen LogP contribution is 2.07. The molecule has 0 aromatic carbocycles. The van der Waals surface area contributed by atoms with Gasteiger partial charge in [0.05, 0.1) is 6.42 Å². The van der Waals surface area contributed by atoms with Gasteiger partial charge in [0.15, 0.2) is 5.82 Å². The fourth-order valence-corrected chi connectivity index (χ4v) is 1.30. The van der Waals surface area contributed by atoms with E-state index in [1.807, 2.05) is 0 Å². The van der Waals surface area contributed by atoms with Crippen LogP contribution in [-0.4, -0.2) is 16.0 Å². The molecule has 0 atom stereocenters. The third-order valence-corrected chi connectivity index (χ3v) is 2.01. The van der Waals surface area contributed by atoms with Crippen LogP contribution in [0.3, 0.4) is 0 Å². The van der Waals surface area contributed by atoms with Gasteiger partial charge in [-0.1, -0.05) is 5.16 Å². The van der Waals surface area contributed by atoms with Gasteiger partial charge in [-0.25, -0.2) is 0 Å². The summed E-state index contributed by atoms with van der Waals surface area (Å²) in [6.07, 6.45) is 3.61. The molecule has 1 N–H and O–H groups in total. The molecule has 0 fully saturated rings. The molecule has 0 saturated carbocycles. The summed E-state index contributed by atoms with van der Waals surface area (Å²) in [5.74, 6) is 0.982. The summed E-state index contributed by atoms with van der Waals surface area (Å²) in [5, 5.41) is 6.33. The fourth-order valence-electron chi connectivity index (χ4n) is 1.30. The van der Waals surface area contributed by atoms with Crippen LogP contribution in [0.5, 0.6) is 0 Å². The number of pyridine rings is 1. The minimum atomic E-state index is -0.125. The lowest BCUT2D eigenvalue weighted by atomic mass is 10.2. The van der Waals surface area contributed by atoms with E-state index in [9.17, 15) is 4.79 Å². The first kappa shape index (κ1) is 10.4. The van der Waals surface area contributed by atoms with Crippen LogP contribution in [0.1, 0.15) is 11.3 Å². The molecule has 2 aromatic rings. The second-order valence-corrected chi connectivity index (χ2v) is 3.40. The lowest BCUT2D eigenvalue weighted by molar-refractivity contribution is -0.115. The Morgan fingerprint density at radius 3 is 2.81 bits per heavy atom. The normalized spacial score (nSPS) is 10.1. The van der Waals surface area contributed by atoms with E-state index < -0.39 is 0 Å². The quantitative estimate of drug-likeness (QED) is 0.847. The van der Waals surface area contributed by atoms with Crippen LogP contribution in [0.15, 0.2) is 35.1 Å². The summed E-state index contributed by atoms with van der Waals surface area (Å²) in [4.78, 5) is 15.5. The van der Waals surface area contributed by atoms with Crippen LogP contribution in [0.25, 0.3) is 0 Å². The average Bonchev–Trinajstić information content (AvgIpc) is 2.65. The van der Waals surface area contributed by atoms with Crippen LogP contribution in [0.4, 0.5) is 5.82 Å². The third-order valence-electron chi connectivity index (χ3n) is 2.01. The van der Waals surface area contributed by atoms with Crippen molar-refractivity contribution in [3.05, 3.63) is 41.9 Å². The Morgan fingerprint density at radius 2 is 2.19 bits per heavy atom. The number of carbonyl (C=O) groups is 1. The van der Waals surface area contributed by atoms with E-state index in [2.05, 4.69) is 15.5 Å². The van der Waals surface area contributed by atoms with Crippen molar-refractivity contribution in [3.63, 3.8) is 0 Å². The Kier molecular flexibility index (Phi) is 2.95. The van der Waals surface area contributed by atoms with Crippen molar-refractivity contribution in [3.8, 4) is 0 Å². The number of nitrogens with zero attached hydrogens (tertiary/aromatic N) is 2. The Bertz CT molecular complexity index is 479. The largest absolute Gasteiger partial charge is 0.360 e. The smallest absolute Gasteiger partial charge is 0.230 e. The maximum Gasteiger partial charge on any atom is 0.230 e. The molecular formula is C11H11N3O2. The molecule has 0 spiro atoms. The predicted molar refractivity (Wildman–Crippen MR) is 57.8 cm³/mol. The molecule has 2 heterocycles. The van der Waals surface area contributed by atoms with Gasteiger partial charge in [0.1, 0.15) is 5.76 Å².